The molecule has 2 N–H and O–H groups in total. The number of carbonyl (C=O) groups is 2. The zero-order valence-electron chi connectivity index (χ0n) is 14.7. The number of hydrogen-bond acceptors (Lipinski definition) is 5. The molecule has 0 aromatic heterocycles. The van der Waals surface area contributed by atoms with Crippen LogP contribution in [0.2, 0.25) is 0 Å². The average Bonchev–Trinajstić information content (AvgIpc) is 3.04. The monoisotopic (exact) mass is 427 g/mol. The number of nitrogens with one attached hydrogen (secondary N) is 1. The first kappa shape index (κ1) is 21.9. The summed E-state index contributed by atoms with van der Waals surface area (Å²) in [6, 6.07) is -0.917. The first-order valence-electron chi connectivity index (χ1n) is 7.90. The summed E-state index contributed by atoms with van der Waals surface area (Å²) in [5, 5.41) is 8.97. The molecule has 1 aliphatic rings. The lowest BCUT2D eigenvalue weighted by Crippen LogP contribution is -2.50. The van der Waals surface area contributed by atoms with Crippen LogP contribution < -0.4 is 9.62 Å². The molecule has 2 rings (SSSR count). The van der Waals surface area contributed by atoms with Crippen LogP contribution >= 0.6 is 0 Å². The number of benzene rings is 1. The van der Waals surface area contributed by atoms with Crippen LogP contribution in [0.5, 0.6) is 0 Å². The van der Waals surface area contributed by atoms with Gasteiger partial charge in [-0.3, -0.25) is 4.79 Å². The second-order valence-electron chi connectivity index (χ2n) is 6.30. The van der Waals surface area contributed by atoms with E-state index >= 15 is 0 Å². The summed E-state index contributed by atoms with van der Waals surface area (Å²) in [5.74, 6) is -4.28. The number of amides is 1. The topological polar surface area (TPSA) is 107 Å². The lowest BCUT2D eigenvalue weighted by atomic mass is 10.1. The quantitative estimate of drug-likeness (QED) is 0.692. The molecule has 1 amide bonds. The van der Waals surface area contributed by atoms with Crippen LogP contribution in [0, 0.1) is 5.82 Å². The van der Waals surface area contributed by atoms with Crippen molar-refractivity contribution in [3.8, 4) is 0 Å². The lowest BCUT2D eigenvalue weighted by Gasteiger charge is -2.26. The number of anilines is 1. The van der Waals surface area contributed by atoms with Crippen molar-refractivity contribution in [2.45, 2.75) is 25.1 Å². The Morgan fingerprint density at radius 1 is 1.25 bits per heavy atom. The molecule has 28 heavy (non-hydrogen) atoms. The summed E-state index contributed by atoms with van der Waals surface area (Å²) >= 11 is 0. The third-order valence-electron chi connectivity index (χ3n) is 4.15. The van der Waals surface area contributed by atoms with Gasteiger partial charge in [0.25, 0.3) is 5.91 Å². The highest BCUT2D eigenvalue weighted by Crippen LogP contribution is 2.34. The van der Waals surface area contributed by atoms with Crippen LogP contribution in [0.15, 0.2) is 12.1 Å². The molecule has 1 aromatic carbocycles. The summed E-state index contributed by atoms with van der Waals surface area (Å²) in [5.41, 5.74) is -1.42. The molecule has 1 aliphatic heterocycles. The number of halogens is 4. The van der Waals surface area contributed by atoms with Crippen LogP contribution in [-0.4, -0.2) is 62.6 Å². The molecule has 1 saturated heterocycles. The van der Waals surface area contributed by atoms with Crippen LogP contribution in [0.1, 0.15) is 33.6 Å². The van der Waals surface area contributed by atoms with Crippen molar-refractivity contribution in [2.24, 2.45) is 0 Å². The van der Waals surface area contributed by atoms with Gasteiger partial charge in [-0.05, 0) is 25.0 Å². The molecule has 0 spiro atoms. The summed E-state index contributed by atoms with van der Waals surface area (Å²) in [6.45, 7) is -0.431. The van der Waals surface area contributed by atoms with E-state index in [1.807, 2.05) is 0 Å². The summed E-state index contributed by atoms with van der Waals surface area (Å²) < 4.78 is 79.3. The van der Waals surface area contributed by atoms with Gasteiger partial charge >= 0.3 is 22.4 Å². The Bertz CT molecular complexity index is 902. The zero-order valence-corrected chi connectivity index (χ0v) is 15.6. The molecule has 8 nitrogen and oxygen atoms in total. The van der Waals surface area contributed by atoms with E-state index in [1.54, 1.807) is 0 Å². The number of alkyl halides is 3. The molecule has 0 saturated carbocycles. The second-order valence-corrected chi connectivity index (χ2v) is 7.92. The molecule has 1 aromatic rings. The Morgan fingerprint density at radius 3 is 2.36 bits per heavy atom. The second kappa shape index (κ2) is 7.54. The van der Waals surface area contributed by atoms with Crippen LogP contribution in [-0.2, 0) is 10.2 Å². The highest BCUT2D eigenvalue weighted by molar-refractivity contribution is 7.87. The maximum absolute atomic E-state index is 14.0. The Kier molecular flexibility index (Phi) is 5.90. The molecular weight excluding hydrogens is 410 g/mol. The molecule has 0 unspecified atom stereocenters. The average molecular weight is 427 g/mol. The predicted octanol–water partition coefficient (Wildman–Crippen LogP) is 1.59. The van der Waals surface area contributed by atoms with Gasteiger partial charge in [0.05, 0.1) is 16.8 Å². The van der Waals surface area contributed by atoms with Gasteiger partial charge in [-0.2, -0.15) is 25.9 Å². The SMILES string of the molecule is CN(C)c1cc(C(=O)O)c(F)cc1C(=O)NS(=O)(=O)N1CCC[C@H]1C(F)(F)F. The van der Waals surface area contributed by atoms with Crippen molar-refractivity contribution < 1.29 is 40.7 Å². The van der Waals surface area contributed by atoms with Crippen molar-refractivity contribution in [2.75, 3.05) is 25.5 Å². The minimum atomic E-state index is -4.86. The summed E-state index contributed by atoms with van der Waals surface area (Å²) in [7, 11) is -2.08. The van der Waals surface area contributed by atoms with Crippen molar-refractivity contribution in [3.63, 3.8) is 0 Å². The number of carboxylic acids is 1. The van der Waals surface area contributed by atoms with Gasteiger partial charge in [-0.15, -0.1) is 0 Å². The number of hydrogen-bond donors (Lipinski definition) is 2. The third kappa shape index (κ3) is 4.35. The largest absolute Gasteiger partial charge is 0.478 e. The fourth-order valence-electron chi connectivity index (χ4n) is 2.86. The van der Waals surface area contributed by atoms with Gasteiger partial charge in [-0.1, -0.05) is 0 Å². The maximum Gasteiger partial charge on any atom is 0.405 e. The predicted molar refractivity (Wildman–Crippen MR) is 89.9 cm³/mol. The van der Waals surface area contributed by atoms with Crippen molar-refractivity contribution in [1.82, 2.24) is 9.03 Å². The number of carbonyl (C=O) groups excluding carboxylic acids is 1. The molecule has 1 heterocycles. The number of aromatic carboxylic acids is 1. The Balaban J connectivity index is 2.39. The molecule has 1 atom stereocenters. The van der Waals surface area contributed by atoms with E-state index in [9.17, 15) is 35.6 Å². The fraction of sp³-hybridized carbons (Fsp3) is 0.467. The molecule has 0 aliphatic carbocycles. The van der Waals surface area contributed by atoms with E-state index < -0.39 is 64.2 Å². The highest BCUT2D eigenvalue weighted by Gasteiger charge is 2.50. The standard InChI is InChI=1S/C15H17F4N3O5S/c1-21(2)11-7-8(14(24)25)10(16)6-9(11)13(23)20-28(26,27)22-5-3-4-12(22)15(17,18)19/h6-7,12H,3-5H2,1-2H3,(H,20,23)(H,24,25)/t12-/m0/s1. The lowest BCUT2D eigenvalue weighted by molar-refractivity contribution is -0.165. The van der Waals surface area contributed by atoms with E-state index in [0.29, 0.717) is 6.07 Å². The van der Waals surface area contributed by atoms with Crippen LogP contribution in [0.3, 0.4) is 0 Å². The summed E-state index contributed by atoms with van der Waals surface area (Å²) in [6.07, 6.45) is -5.29. The van der Waals surface area contributed by atoms with Gasteiger partial charge in [0, 0.05) is 20.6 Å². The van der Waals surface area contributed by atoms with Gasteiger partial charge in [-0.25, -0.2) is 13.9 Å². The van der Waals surface area contributed by atoms with E-state index in [2.05, 4.69) is 0 Å². The molecular formula is C15H17F4N3O5S. The van der Waals surface area contributed by atoms with Gasteiger partial charge in [0.1, 0.15) is 11.9 Å². The molecule has 1 fully saturated rings. The number of carboxylic acid groups (broad SMARTS) is 1. The zero-order chi connectivity index (χ0) is 21.4. The Labute approximate surface area is 157 Å². The minimum absolute atomic E-state index is 0.0375. The van der Waals surface area contributed by atoms with E-state index in [-0.39, 0.29) is 16.4 Å². The van der Waals surface area contributed by atoms with Gasteiger partial charge in [0.15, 0.2) is 0 Å². The summed E-state index contributed by atoms with van der Waals surface area (Å²) in [4.78, 5) is 24.7. The Hall–Kier alpha value is -2.41. The smallest absolute Gasteiger partial charge is 0.405 e. The van der Waals surface area contributed by atoms with Gasteiger partial charge in [0.2, 0.25) is 0 Å². The molecule has 0 bridgehead atoms. The number of nitrogens with zero attached hydrogens (tertiary/aromatic N) is 2. The first-order chi connectivity index (χ1) is 12.8. The van der Waals surface area contributed by atoms with Gasteiger partial charge < -0.3 is 10.0 Å². The highest BCUT2D eigenvalue weighted by atomic mass is 32.2. The van der Waals surface area contributed by atoms with Crippen LogP contribution in [0.4, 0.5) is 23.2 Å². The number of rotatable bonds is 5. The maximum atomic E-state index is 14.0. The van der Waals surface area contributed by atoms with E-state index in [1.165, 1.54) is 23.7 Å². The van der Waals surface area contributed by atoms with Crippen molar-refractivity contribution in [1.29, 1.82) is 0 Å². The first-order valence-corrected chi connectivity index (χ1v) is 9.34. The minimum Gasteiger partial charge on any atom is -0.478 e. The van der Waals surface area contributed by atoms with Crippen molar-refractivity contribution in [3.05, 3.63) is 29.1 Å². The molecule has 0 radical (unpaired) electrons. The van der Waals surface area contributed by atoms with E-state index in [4.69, 9.17) is 5.11 Å². The fourth-order valence-corrected chi connectivity index (χ4v) is 4.25. The van der Waals surface area contributed by atoms with Crippen molar-refractivity contribution >= 4 is 27.8 Å². The third-order valence-corrected chi connectivity index (χ3v) is 5.65. The molecule has 156 valence electrons. The van der Waals surface area contributed by atoms with Crippen LogP contribution in [0.25, 0.3) is 0 Å². The molecule has 13 heteroatoms. The normalized spacial score (nSPS) is 18.1. The Morgan fingerprint density at radius 2 is 1.86 bits per heavy atom. The van der Waals surface area contributed by atoms with E-state index in [0.717, 1.165) is 6.07 Å².